The van der Waals surface area contributed by atoms with E-state index >= 15 is 0 Å². The molecule has 3 rings (SSSR count). The van der Waals surface area contributed by atoms with Gasteiger partial charge in [-0.05, 0) is 24.3 Å². The third-order valence-electron chi connectivity index (χ3n) is 2.53. The molecule has 0 aliphatic carbocycles. The number of ether oxygens (including phenoxy) is 1. The summed E-state index contributed by atoms with van der Waals surface area (Å²) in [6.45, 7) is 0. The first-order valence-electron chi connectivity index (χ1n) is 5.74. The smallest absolute Gasteiger partial charge is 0.203 e. The topological polar surface area (TPSA) is 61.0 Å². The fraction of sp³-hybridized carbons (Fsp3) is 0. The summed E-state index contributed by atoms with van der Waals surface area (Å²) in [5, 5.41) is 9.09. The molecule has 0 fully saturated rings. The molecule has 0 saturated carbocycles. The van der Waals surface area contributed by atoms with E-state index in [0.717, 1.165) is 22.1 Å². The lowest BCUT2D eigenvalue weighted by Crippen LogP contribution is -1.87. The zero-order chi connectivity index (χ0) is 13.1. The summed E-state index contributed by atoms with van der Waals surface area (Å²) in [7, 11) is 0. The summed E-state index contributed by atoms with van der Waals surface area (Å²) < 4.78 is 5.87. The Hall–Kier alpha value is -2.40. The Bertz CT molecular complexity index is 682. The van der Waals surface area contributed by atoms with Crippen LogP contribution >= 0.6 is 11.3 Å². The molecule has 19 heavy (non-hydrogen) atoms. The van der Waals surface area contributed by atoms with Crippen LogP contribution in [0.5, 0.6) is 11.5 Å². The minimum Gasteiger partial charge on any atom is -0.457 e. The number of benzene rings is 2. The predicted octanol–water partition coefficient (Wildman–Crippen LogP) is 3.58. The van der Waals surface area contributed by atoms with Crippen molar-refractivity contribution < 1.29 is 4.74 Å². The Balaban J connectivity index is 1.98. The fourth-order valence-corrected chi connectivity index (χ4v) is 2.33. The van der Waals surface area contributed by atoms with Gasteiger partial charge in [-0.25, -0.2) is 0 Å². The van der Waals surface area contributed by atoms with E-state index in [1.807, 2.05) is 54.6 Å². The average molecular weight is 269 g/mol. The van der Waals surface area contributed by atoms with E-state index in [-0.39, 0.29) is 0 Å². The number of rotatable bonds is 3. The Morgan fingerprint density at radius 2 is 1.63 bits per heavy atom. The number of nitrogens with two attached hydrogens (primary N) is 1. The van der Waals surface area contributed by atoms with Gasteiger partial charge in [0, 0.05) is 0 Å². The van der Waals surface area contributed by atoms with Crippen molar-refractivity contribution >= 4 is 16.5 Å². The van der Waals surface area contributed by atoms with Crippen LogP contribution in [0.15, 0.2) is 54.6 Å². The molecule has 0 unspecified atom stereocenters. The van der Waals surface area contributed by atoms with Crippen LogP contribution in [0.4, 0.5) is 5.13 Å². The maximum Gasteiger partial charge on any atom is 0.203 e. The van der Waals surface area contributed by atoms with Crippen molar-refractivity contribution in [1.29, 1.82) is 0 Å². The molecule has 0 bridgehead atoms. The van der Waals surface area contributed by atoms with E-state index in [2.05, 4.69) is 10.2 Å². The largest absolute Gasteiger partial charge is 0.457 e. The second-order valence-electron chi connectivity index (χ2n) is 3.86. The van der Waals surface area contributed by atoms with Crippen LogP contribution in [0, 0.1) is 0 Å². The van der Waals surface area contributed by atoms with Gasteiger partial charge in [0.05, 0.1) is 5.56 Å². The lowest BCUT2D eigenvalue weighted by molar-refractivity contribution is 0.484. The molecule has 0 atom stereocenters. The summed E-state index contributed by atoms with van der Waals surface area (Å²) >= 11 is 1.34. The number of hydrogen-bond acceptors (Lipinski definition) is 5. The van der Waals surface area contributed by atoms with Gasteiger partial charge in [-0.2, -0.15) is 0 Å². The first-order valence-corrected chi connectivity index (χ1v) is 6.56. The molecular weight excluding hydrogens is 258 g/mol. The van der Waals surface area contributed by atoms with Crippen molar-refractivity contribution in [2.45, 2.75) is 0 Å². The molecule has 0 spiro atoms. The average Bonchev–Trinajstić information content (AvgIpc) is 2.87. The van der Waals surface area contributed by atoms with Gasteiger partial charge in [-0.1, -0.05) is 41.7 Å². The van der Waals surface area contributed by atoms with Crippen LogP contribution in [-0.4, -0.2) is 10.2 Å². The lowest BCUT2D eigenvalue weighted by atomic mass is 10.2. The maximum atomic E-state index is 5.87. The van der Waals surface area contributed by atoms with Gasteiger partial charge in [-0.15, -0.1) is 10.2 Å². The molecule has 0 amide bonds. The highest BCUT2D eigenvalue weighted by molar-refractivity contribution is 7.18. The zero-order valence-electron chi connectivity index (χ0n) is 9.98. The quantitative estimate of drug-likeness (QED) is 0.789. The number of nitrogen functional groups attached to an aromatic ring is 1. The van der Waals surface area contributed by atoms with Gasteiger partial charge < -0.3 is 10.5 Å². The minimum atomic E-state index is 0.449. The highest BCUT2D eigenvalue weighted by Gasteiger charge is 2.11. The Morgan fingerprint density at radius 1 is 0.895 bits per heavy atom. The molecule has 5 heteroatoms. The molecule has 0 aliphatic heterocycles. The van der Waals surface area contributed by atoms with E-state index in [9.17, 15) is 0 Å². The molecule has 0 aliphatic rings. The highest BCUT2D eigenvalue weighted by Crippen LogP contribution is 2.35. The van der Waals surface area contributed by atoms with Crippen molar-refractivity contribution in [3.05, 3.63) is 54.6 Å². The van der Waals surface area contributed by atoms with Crippen molar-refractivity contribution in [2.75, 3.05) is 5.73 Å². The number of aromatic nitrogens is 2. The van der Waals surface area contributed by atoms with Gasteiger partial charge in [-0.3, -0.25) is 0 Å². The minimum absolute atomic E-state index is 0.449. The van der Waals surface area contributed by atoms with E-state index in [0.29, 0.717) is 5.13 Å². The first kappa shape index (κ1) is 11.7. The molecule has 0 radical (unpaired) electrons. The van der Waals surface area contributed by atoms with Crippen LogP contribution in [0.2, 0.25) is 0 Å². The number of hydrogen-bond donors (Lipinski definition) is 1. The van der Waals surface area contributed by atoms with Gasteiger partial charge in [0.15, 0.2) is 5.01 Å². The second kappa shape index (κ2) is 5.07. The first-order chi connectivity index (χ1) is 9.33. The second-order valence-corrected chi connectivity index (χ2v) is 4.87. The Labute approximate surface area is 114 Å². The van der Waals surface area contributed by atoms with Crippen LogP contribution in [0.25, 0.3) is 10.6 Å². The van der Waals surface area contributed by atoms with Crippen LogP contribution in [-0.2, 0) is 0 Å². The third-order valence-corrected chi connectivity index (χ3v) is 3.31. The molecule has 2 N–H and O–H groups in total. The van der Waals surface area contributed by atoms with Crippen LogP contribution in [0.1, 0.15) is 0 Å². The normalized spacial score (nSPS) is 10.3. The summed E-state index contributed by atoms with van der Waals surface area (Å²) in [4.78, 5) is 0. The molecule has 0 saturated heterocycles. The molecule has 94 valence electrons. The van der Waals surface area contributed by atoms with E-state index in [1.54, 1.807) is 0 Å². The van der Waals surface area contributed by atoms with E-state index < -0.39 is 0 Å². The van der Waals surface area contributed by atoms with E-state index in [4.69, 9.17) is 10.5 Å². The van der Waals surface area contributed by atoms with Gasteiger partial charge >= 0.3 is 0 Å². The number of nitrogens with zero attached hydrogens (tertiary/aromatic N) is 2. The summed E-state index contributed by atoms with van der Waals surface area (Å²) in [6, 6.07) is 17.3. The van der Waals surface area contributed by atoms with E-state index in [1.165, 1.54) is 11.3 Å². The Morgan fingerprint density at radius 3 is 2.37 bits per heavy atom. The predicted molar refractivity (Wildman–Crippen MR) is 76.3 cm³/mol. The molecule has 1 heterocycles. The van der Waals surface area contributed by atoms with Crippen molar-refractivity contribution in [1.82, 2.24) is 10.2 Å². The summed E-state index contributed by atoms with van der Waals surface area (Å²) in [6.07, 6.45) is 0. The summed E-state index contributed by atoms with van der Waals surface area (Å²) in [5.74, 6) is 1.53. The van der Waals surface area contributed by atoms with Crippen LogP contribution in [0.3, 0.4) is 0 Å². The van der Waals surface area contributed by atoms with Gasteiger partial charge in [0.25, 0.3) is 0 Å². The number of para-hydroxylation sites is 2. The molecule has 3 aromatic rings. The van der Waals surface area contributed by atoms with Gasteiger partial charge in [0.1, 0.15) is 11.5 Å². The maximum absolute atomic E-state index is 5.87. The highest BCUT2D eigenvalue weighted by atomic mass is 32.1. The SMILES string of the molecule is Nc1nnc(-c2ccccc2Oc2ccccc2)s1. The van der Waals surface area contributed by atoms with Crippen molar-refractivity contribution in [3.63, 3.8) is 0 Å². The Kier molecular flexibility index (Phi) is 3.12. The number of anilines is 1. The molecule has 1 aromatic heterocycles. The monoisotopic (exact) mass is 269 g/mol. The standard InChI is InChI=1S/C14H11N3OS/c15-14-17-16-13(19-14)11-8-4-5-9-12(11)18-10-6-2-1-3-7-10/h1-9H,(H2,15,17). The lowest BCUT2D eigenvalue weighted by Gasteiger charge is -2.08. The van der Waals surface area contributed by atoms with Crippen molar-refractivity contribution in [2.24, 2.45) is 0 Å². The third kappa shape index (κ3) is 2.56. The van der Waals surface area contributed by atoms with Crippen LogP contribution < -0.4 is 10.5 Å². The fourth-order valence-electron chi connectivity index (χ4n) is 1.69. The zero-order valence-corrected chi connectivity index (χ0v) is 10.8. The molecular formula is C14H11N3OS. The summed E-state index contributed by atoms with van der Waals surface area (Å²) in [5.41, 5.74) is 6.51. The van der Waals surface area contributed by atoms with Crippen molar-refractivity contribution in [3.8, 4) is 22.1 Å². The molecule has 2 aromatic carbocycles. The van der Waals surface area contributed by atoms with Gasteiger partial charge in [0.2, 0.25) is 5.13 Å². The molecule has 4 nitrogen and oxygen atoms in total.